The van der Waals surface area contributed by atoms with Crippen LogP contribution in [0.5, 0.6) is 5.75 Å². The summed E-state index contributed by atoms with van der Waals surface area (Å²) in [6.07, 6.45) is 2.71. The number of rotatable bonds is 0. The monoisotopic (exact) mass is 160 g/mol. The lowest BCUT2D eigenvalue weighted by molar-refractivity contribution is 0.357. The van der Waals surface area contributed by atoms with Crippen LogP contribution in [0.15, 0.2) is 28.9 Å². The zero-order chi connectivity index (χ0) is 7.97. The molecule has 1 aliphatic rings. The summed E-state index contributed by atoms with van der Waals surface area (Å²) in [6.45, 7) is 0.807. The Labute approximate surface area is 69.7 Å². The molecule has 2 heteroatoms. The molecule has 60 valence electrons. The second-order valence-corrected chi connectivity index (χ2v) is 3.02. The van der Waals surface area contributed by atoms with Gasteiger partial charge < -0.3 is 9.15 Å². The maximum absolute atomic E-state index is 5.43. The topological polar surface area (TPSA) is 22.4 Å². The molecule has 0 N–H and O–H groups in total. The third kappa shape index (κ3) is 0.694. The first-order valence-electron chi connectivity index (χ1n) is 4.06. The standard InChI is InChI=1S/C10H8O2/c1-3-11-9-6-8-2-4-12-10(8)5-7(1)9/h1,3,5-6H,2,4H2. The van der Waals surface area contributed by atoms with Crippen LogP contribution in [-0.2, 0) is 6.42 Å². The Kier molecular flexibility index (Phi) is 1.04. The van der Waals surface area contributed by atoms with Gasteiger partial charge in [0, 0.05) is 17.4 Å². The minimum absolute atomic E-state index is 0.807. The average Bonchev–Trinajstić information content (AvgIpc) is 2.64. The SMILES string of the molecule is c1cc2cc3c(cc2o1)CCO3. The fraction of sp³-hybridized carbons (Fsp3) is 0.200. The van der Waals surface area contributed by atoms with Crippen molar-refractivity contribution in [1.29, 1.82) is 0 Å². The maximum atomic E-state index is 5.43. The Balaban J connectivity index is 2.38. The van der Waals surface area contributed by atoms with Crippen LogP contribution in [0.25, 0.3) is 11.0 Å². The highest BCUT2D eigenvalue weighted by molar-refractivity contribution is 5.80. The van der Waals surface area contributed by atoms with Crippen LogP contribution in [0, 0.1) is 0 Å². The van der Waals surface area contributed by atoms with E-state index >= 15 is 0 Å². The second kappa shape index (κ2) is 2.03. The van der Waals surface area contributed by atoms with Crippen molar-refractivity contribution >= 4 is 11.0 Å². The van der Waals surface area contributed by atoms with Crippen molar-refractivity contribution in [3.63, 3.8) is 0 Å². The lowest BCUT2D eigenvalue weighted by Crippen LogP contribution is -1.85. The molecule has 0 unspecified atom stereocenters. The van der Waals surface area contributed by atoms with E-state index in [0.717, 1.165) is 29.7 Å². The van der Waals surface area contributed by atoms with Crippen LogP contribution >= 0.6 is 0 Å². The maximum Gasteiger partial charge on any atom is 0.134 e. The van der Waals surface area contributed by atoms with E-state index in [2.05, 4.69) is 6.07 Å². The first-order valence-corrected chi connectivity index (χ1v) is 4.06. The van der Waals surface area contributed by atoms with E-state index < -0.39 is 0 Å². The zero-order valence-corrected chi connectivity index (χ0v) is 6.54. The van der Waals surface area contributed by atoms with Gasteiger partial charge in [-0.15, -0.1) is 0 Å². The first-order chi connectivity index (χ1) is 5.93. The fourth-order valence-electron chi connectivity index (χ4n) is 1.63. The molecule has 2 aromatic rings. The number of hydrogen-bond donors (Lipinski definition) is 0. The zero-order valence-electron chi connectivity index (χ0n) is 6.54. The van der Waals surface area contributed by atoms with Crippen molar-refractivity contribution in [2.45, 2.75) is 6.42 Å². The summed E-state index contributed by atoms with van der Waals surface area (Å²) in [5.41, 5.74) is 2.22. The first kappa shape index (κ1) is 6.12. The Bertz CT molecular complexity index is 390. The van der Waals surface area contributed by atoms with Gasteiger partial charge in [-0.25, -0.2) is 0 Å². The van der Waals surface area contributed by atoms with Crippen molar-refractivity contribution in [2.24, 2.45) is 0 Å². The summed E-state index contributed by atoms with van der Waals surface area (Å²) >= 11 is 0. The van der Waals surface area contributed by atoms with Gasteiger partial charge in [-0.3, -0.25) is 0 Å². The molecular formula is C10H8O2. The van der Waals surface area contributed by atoms with Crippen molar-refractivity contribution in [3.8, 4) is 5.75 Å². The van der Waals surface area contributed by atoms with Crippen molar-refractivity contribution < 1.29 is 9.15 Å². The molecule has 0 bridgehead atoms. The van der Waals surface area contributed by atoms with Gasteiger partial charge in [0.25, 0.3) is 0 Å². The number of benzene rings is 1. The highest BCUT2D eigenvalue weighted by atomic mass is 16.5. The third-order valence-electron chi connectivity index (χ3n) is 2.26. The van der Waals surface area contributed by atoms with E-state index in [1.54, 1.807) is 6.26 Å². The summed E-state index contributed by atoms with van der Waals surface area (Å²) in [5.74, 6) is 1.02. The molecule has 1 aromatic heterocycles. The highest BCUT2D eigenvalue weighted by Crippen LogP contribution is 2.30. The average molecular weight is 160 g/mol. The van der Waals surface area contributed by atoms with E-state index in [0.29, 0.717) is 0 Å². The smallest absolute Gasteiger partial charge is 0.134 e. The Morgan fingerprint density at radius 2 is 2.25 bits per heavy atom. The summed E-state index contributed by atoms with van der Waals surface area (Å²) in [6, 6.07) is 6.07. The number of ether oxygens (including phenoxy) is 1. The highest BCUT2D eigenvalue weighted by Gasteiger charge is 2.13. The molecule has 3 rings (SSSR count). The predicted octanol–water partition coefficient (Wildman–Crippen LogP) is 2.37. The van der Waals surface area contributed by atoms with Crippen LogP contribution in [0.1, 0.15) is 5.56 Å². The van der Waals surface area contributed by atoms with Crippen LogP contribution in [0.4, 0.5) is 0 Å². The largest absolute Gasteiger partial charge is 0.493 e. The quantitative estimate of drug-likeness (QED) is 0.590. The molecule has 0 aliphatic carbocycles. The number of fused-ring (bicyclic) bond motifs is 2. The number of hydrogen-bond acceptors (Lipinski definition) is 2. The molecule has 1 aromatic carbocycles. The fourth-order valence-corrected chi connectivity index (χ4v) is 1.63. The summed E-state index contributed by atoms with van der Waals surface area (Å²) in [4.78, 5) is 0. The lowest BCUT2D eigenvalue weighted by Gasteiger charge is -1.96. The third-order valence-corrected chi connectivity index (χ3v) is 2.26. The van der Waals surface area contributed by atoms with Crippen molar-refractivity contribution in [1.82, 2.24) is 0 Å². The minimum Gasteiger partial charge on any atom is -0.493 e. The van der Waals surface area contributed by atoms with Crippen LogP contribution in [0.2, 0.25) is 0 Å². The number of furan rings is 1. The van der Waals surface area contributed by atoms with Crippen LogP contribution < -0.4 is 4.74 Å². The summed E-state index contributed by atoms with van der Waals surface area (Å²) in [5, 5.41) is 1.12. The molecule has 0 radical (unpaired) electrons. The van der Waals surface area contributed by atoms with Gasteiger partial charge in [0.2, 0.25) is 0 Å². The van der Waals surface area contributed by atoms with E-state index in [9.17, 15) is 0 Å². The summed E-state index contributed by atoms with van der Waals surface area (Å²) < 4.78 is 10.7. The molecule has 0 saturated heterocycles. The van der Waals surface area contributed by atoms with Crippen molar-refractivity contribution in [2.75, 3.05) is 6.61 Å². The van der Waals surface area contributed by atoms with E-state index in [1.165, 1.54) is 5.56 Å². The molecule has 0 saturated carbocycles. The molecule has 2 nitrogen and oxygen atoms in total. The summed E-state index contributed by atoms with van der Waals surface area (Å²) in [7, 11) is 0. The van der Waals surface area contributed by atoms with Gasteiger partial charge in [-0.05, 0) is 18.2 Å². The van der Waals surface area contributed by atoms with E-state index in [4.69, 9.17) is 9.15 Å². The van der Waals surface area contributed by atoms with Gasteiger partial charge in [0.15, 0.2) is 0 Å². The molecule has 12 heavy (non-hydrogen) atoms. The van der Waals surface area contributed by atoms with Crippen molar-refractivity contribution in [3.05, 3.63) is 30.0 Å². The molecule has 0 fully saturated rings. The van der Waals surface area contributed by atoms with E-state index in [1.807, 2.05) is 12.1 Å². The Hall–Kier alpha value is -1.44. The molecule has 0 spiro atoms. The van der Waals surface area contributed by atoms with Crippen LogP contribution in [-0.4, -0.2) is 6.61 Å². The second-order valence-electron chi connectivity index (χ2n) is 3.02. The molecule has 1 aliphatic heterocycles. The van der Waals surface area contributed by atoms with Crippen LogP contribution in [0.3, 0.4) is 0 Å². The molecule has 2 heterocycles. The molecule has 0 atom stereocenters. The normalized spacial score (nSPS) is 14.7. The van der Waals surface area contributed by atoms with Gasteiger partial charge in [0.05, 0.1) is 12.9 Å². The lowest BCUT2D eigenvalue weighted by atomic mass is 10.1. The minimum atomic E-state index is 0.807. The van der Waals surface area contributed by atoms with E-state index in [-0.39, 0.29) is 0 Å². The molecule has 0 amide bonds. The predicted molar refractivity (Wildman–Crippen MR) is 45.4 cm³/mol. The Morgan fingerprint density at radius 1 is 1.25 bits per heavy atom. The van der Waals surface area contributed by atoms with Gasteiger partial charge in [-0.2, -0.15) is 0 Å². The van der Waals surface area contributed by atoms with Gasteiger partial charge in [0.1, 0.15) is 11.3 Å². The molecular weight excluding hydrogens is 152 g/mol. The Morgan fingerprint density at radius 3 is 3.25 bits per heavy atom. The van der Waals surface area contributed by atoms with Gasteiger partial charge in [-0.1, -0.05) is 0 Å². The van der Waals surface area contributed by atoms with Gasteiger partial charge >= 0.3 is 0 Å².